The van der Waals surface area contributed by atoms with Gasteiger partial charge in [-0.2, -0.15) is 0 Å². The number of fused-ring (bicyclic) bond motifs is 18. The van der Waals surface area contributed by atoms with Crippen molar-refractivity contribution >= 4 is 60.7 Å². The van der Waals surface area contributed by atoms with Crippen molar-refractivity contribution in [1.82, 2.24) is 9.13 Å². The van der Waals surface area contributed by atoms with Gasteiger partial charge in [0, 0.05) is 44.2 Å². The molecule has 18 rings (SSSR count). The van der Waals surface area contributed by atoms with E-state index < -0.39 is 10.8 Å². The molecule has 13 aromatic carbocycles. The van der Waals surface area contributed by atoms with Gasteiger partial charge in [0.05, 0.1) is 44.3 Å². The molecule has 0 saturated carbocycles. The molecule has 3 nitrogen and oxygen atoms in total. The number of anilines is 3. The molecule has 1 unspecified atom stereocenters. The van der Waals surface area contributed by atoms with Crippen LogP contribution in [0.25, 0.3) is 88.4 Å². The van der Waals surface area contributed by atoms with Crippen molar-refractivity contribution in [3.05, 3.63) is 354 Å². The van der Waals surface area contributed by atoms with E-state index in [0.717, 1.165) is 33.9 Å². The van der Waals surface area contributed by atoms with Gasteiger partial charge in [0.25, 0.3) is 0 Å². The number of rotatable bonds is 7. The highest BCUT2D eigenvalue weighted by molar-refractivity contribution is 6.14. The van der Waals surface area contributed by atoms with E-state index in [4.69, 9.17) is 0 Å². The lowest BCUT2D eigenvalue weighted by molar-refractivity contribution is 0.748. The van der Waals surface area contributed by atoms with Gasteiger partial charge >= 0.3 is 0 Å². The van der Waals surface area contributed by atoms with Gasteiger partial charge < -0.3 is 14.0 Å². The molecule has 0 saturated heterocycles. The van der Waals surface area contributed by atoms with E-state index in [-0.39, 0.29) is 0 Å². The van der Waals surface area contributed by atoms with Crippen LogP contribution in [-0.2, 0) is 10.8 Å². The third-order valence-corrected chi connectivity index (χ3v) is 18.8. The van der Waals surface area contributed by atoms with Crippen LogP contribution in [0.15, 0.2) is 309 Å². The number of para-hydroxylation sites is 5. The van der Waals surface area contributed by atoms with Crippen molar-refractivity contribution in [1.29, 1.82) is 0 Å². The Morgan fingerprint density at radius 1 is 0.277 bits per heavy atom. The second-order valence-corrected chi connectivity index (χ2v) is 22.6. The predicted octanol–water partition coefficient (Wildman–Crippen LogP) is 20.1. The second kappa shape index (κ2) is 17.4. The number of benzene rings is 13. The quantitative estimate of drug-likeness (QED) is 0.155. The minimum atomic E-state index is -0.603. The Labute approximate surface area is 481 Å². The highest BCUT2D eigenvalue weighted by Gasteiger charge is 2.52. The van der Waals surface area contributed by atoms with Crippen LogP contribution < -0.4 is 4.90 Å². The van der Waals surface area contributed by atoms with Gasteiger partial charge in [-0.1, -0.05) is 243 Å². The van der Waals surface area contributed by atoms with Crippen molar-refractivity contribution in [3.63, 3.8) is 0 Å². The molecule has 1 atom stereocenters. The highest BCUT2D eigenvalue weighted by atomic mass is 15.1. The fourth-order valence-corrected chi connectivity index (χ4v) is 15.6. The molecule has 386 valence electrons. The molecule has 2 aliphatic carbocycles. The van der Waals surface area contributed by atoms with Crippen molar-refractivity contribution in [2.24, 2.45) is 0 Å². The monoisotopic (exact) mass is 1050 g/mol. The summed E-state index contributed by atoms with van der Waals surface area (Å²) in [5.41, 5.74) is 27.1. The van der Waals surface area contributed by atoms with E-state index in [1.807, 2.05) is 0 Å². The van der Waals surface area contributed by atoms with Gasteiger partial charge in [-0.05, 0) is 139 Å². The van der Waals surface area contributed by atoms with Gasteiger partial charge in [-0.3, -0.25) is 0 Å². The van der Waals surface area contributed by atoms with Crippen molar-refractivity contribution in [2.75, 3.05) is 4.90 Å². The number of hydrogen-bond donors (Lipinski definition) is 0. The first-order valence-electron chi connectivity index (χ1n) is 28.9. The topological polar surface area (TPSA) is 13.1 Å². The summed E-state index contributed by atoms with van der Waals surface area (Å²) in [6, 6.07) is 116. The maximum atomic E-state index is 2.53. The molecular weight excluding hydrogens is 1000 g/mol. The first-order chi connectivity index (χ1) is 41.2. The zero-order valence-corrected chi connectivity index (χ0v) is 45.3. The van der Waals surface area contributed by atoms with Gasteiger partial charge in [0.2, 0.25) is 0 Å². The highest BCUT2D eigenvalue weighted by Crippen LogP contribution is 2.64. The van der Waals surface area contributed by atoms with Crippen LogP contribution in [0.2, 0.25) is 0 Å². The Balaban J connectivity index is 0.856. The van der Waals surface area contributed by atoms with E-state index in [0.29, 0.717) is 0 Å². The minimum absolute atomic E-state index is 0.523. The number of nitrogens with zero attached hydrogens (tertiary/aromatic N) is 3. The second-order valence-electron chi connectivity index (χ2n) is 22.6. The predicted molar refractivity (Wildman–Crippen MR) is 343 cm³/mol. The zero-order chi connectivity index (χ0) is 54.4. The lowest BCUT2D eigenvalue weighted by Crippen LogP contribution is -2.33. The third-order valence-electron chi connectivity index (χ3n) is 18.8. The summed E-state index contributed by atoms with van der Waals surface area (Å²) in [6.07, 6.45) is 0. The Hall–Kier alpha value is -10.7. The van der Waals surface area contributed by atoms with E-state index in [1.165, 1.54) is 116 Å². The largest absolute Gasteiger partial charge is 0.310 e. The van der Waals surface area contributed by atoms with E-state index in [2.05, 4.69) is 323 Å². The molecular formula is C80H51N3. The summed E-state index contributed by atoms with van der Waals surface area (Å²) in [7, 11) is 0. The molecule has 3 heterocycles. The zero-order valence-electron chi connectivity index (χ0n) is 45.3. The molecule has 1 spiro atoms. The summed E-state index contributed by atoms with van der Waals surface area (Å²) in [5.74, 6) is 0. The van der Waals surface area contributed by atoms with E-state index in [9.17, 15) is 0 Å². The molecule has 3 aliphatic rings. The van der Waals surface area contributed by atoms with Crippen LogP contribution in [0.5, 0.6) is 0 Å². The molecule has 83 heavy (non-hydrogen) atoms. The van der Waals surface area contributed by atoms with Gasteiger partial charge in [-0.25, -0.2) is 0 Å². The molecule has 2 aromatic heterocycles. The number of aromatic nitrogens is 2. The van der Waals surface area contributed by atoms with Crippen molar-refractivity contribution < 1.29 is 0 Å². The SMILES string of the molecule is c1ccc(C2(c3ccc(N(c4ccc(-c5cccc(-n6c7ccccc7c7ccccc76)c5)cc4)c4cccc5c4-c4ccccc4C54c5ccccc5-n5c6ccccc6c6cccc4c65)cc3)c3ccccc3-c3ccccc32)cc1. The van der Waals surface area contributed by atoms with E-state index >= 15 is 0 Å². The molecule has 3 heteroatoms. The average molecular weight is 1050 g/mol. The van der Waals surface area contributed by atoms with Gasteiger partial charge in [0.1, 0.15) is 0 Å². The van der Waals surface area contributed by atoms with Gasteiger partial charge in [-0.15, -0.1) is 0 Å². The summed E-state index contributed by atoms with van der Waals surface area (Å²) in [4.78, 5) is 2.52. The standard InChI is InChI=1S/C80H51N3/c1-2-22-54(23-3-1)79(66-32-10-4-25-59(66)60-26-5-11-33-67(60)79)55-45-49-57(50-46-55)81(56-47-43-52(44-48-56)53-21-18-24-58(51-53)82-72-38-14-7-27-61(72)62-28-8-15-39-73(62)82)76-42-20-36-70-77(76)65-30-6-12-34-68(65)80(70)69-35-13-17-41-75(69)83-74-40-16-9-29-63(74)64-31-19-37-71(80)78(64)83/h1-51H. The summed E-state index contributed by atoms with van der Waals surface area (Å²) in [5, 5.41) is 5.06. The van der Waals surface area contributed by atoms with Crippen LogP contribution in [0.4, 0.5) is 17.1 Å². The molecule has 1 aliphatic heterocycles. The fourth-order valence-electron chi connectivity index (χ4n) is 15.6. The van der Waals surface area contributed by atoms with Crippen LogP contribution in [0.3, 0.4) is 0 Å². The fraction of sp³-hybridized carbons (Fsp3) is 0.0250. The first-order valence-corrected chi connectivity index (χ1v) is 28.9. The van der Waals surface area contributed by atoms with Crippen LogP contribution in [0.1, 0.15) is 44.5 Å². The molecule has 0 radical (unpaired) electrons. The normalized spacial score (nSPS) is 14.9. The summed E-state index contributed by atoms with van der Waals surface area (Å²) >= 11 is 0. The van der Waals surface area contributed by atoms with Crippen molar-refractivity contribution in [2.45, 2.75) is 10.8 Å². The Kier molecular flexibility index (Phi) is 9.64. The number of hydrogen-bond acceptors (Lipinski definition) is 1. The van der Waals surface area contributed by atoms with E-state index in [1.54, 1.807) is 0 Å². The maximum Gasteiger partial charge on any atom is 0.0755 e. The lowest BCUT2D eigenvalue weighted by Gasteiger charge is -2.39. The lowest BCUT2D eigenvalue weighted by atomic mass is 9.65. The Morgan fingerprint density at radius 2 is 0.747 bits per heavy atom. The summed E-state index contributed by atoms with van der Waals surface area (Å²) in [6.45, 7) is 0. The molecule has 0 bridgehead atoms. The maximum absolute atomic E-state index is 2.53. The first kappa shape index (κ1) is 46.1. The van der Waals surface area contributed by atoms with Crippen LogP contribution >= 0.6 is 0 Å². The van der Waals surface area contributed by atoms with Crippen molar-refractivity contribution in [3.8, 4) is 44.8 Å². The molecule has 0 N–H and O–H groups in total. The smallest absolute Gasteiger partial charge is 0.0755 e. The molecule has 0 amide bonds. The van der Waals surface area contributed by atoms with Crippen LogP contribution in [0, 0.1) is 0 Å². The molecule has 0 fully saturated rings. The average Bonchev–Trinajstić information content (AvgIpc) is 2.08. The Morgan fingerprint density at radius 3 is 1.42 bits per heavy atom. The van der Waals surface area contributed by atoms with Gasteiger partial charge in [0.15, 0.2) is 0 Å². The minimum Gasteiger partial charge on any atom is -0.310 e. The molecule has 15 aromatic rings. The summed E-state index contributed by atoms with van der Waals surface area (Å²) < 4.78 is 4.94. The Bertz CT molecular complexity index is 5060. The van der Waals surface area contributed by atoms with Crippen LogP contribution in [-0.4, -0.2) is 9.13 Å². The third kappa shape index (κ3) is 6.12.